The SMILES string of the molecule is Cn1c(=O)c(C(=O)C[C@@H](Nc2ccccc2N)c2ccco2)c(O)c2ccccc21. The van der Waals surface area contributed by atoms with Gasteiger partial charge < -0.3 is 25.1 Å². The van der Waals surface area contributed by atoms with Crippen molar-refractivity contribution in [3.63, 3.8) is 0 Å². The summed E-state index contributed by atoms with van der Waals surface area (Å²) in [5.74, 6) is -0.290. The molecule has 30 heavy (non-hydrogen) atoms. The number of benzene rings is 2. The Bertz CT molecular complexity index is 1280. The number of carbonyl (C=O) groups excluding carboxylic acids is 1. The third-order valence-corrected chi connectivity index (χ3v) is 5.12. The van der Waals surface area contributed by atoms with E-state index in [1.165, 1.54) is 10.8 Å². The first-order valence-electron chi connectivity index (χ1n) is 9.45. The summed E-state index contributed by atoms with van der Waals surface area (Å²) < 4.78 is 6.87. The zero-order valence-corrected chi connectivity index (χ0v) is 16.3. The van der Waals surface area contributed by atoms with Crippen LogP contribution < -0.4 is 16.6 Å². The molecule has 0 saturated carbocycles. The first-order valence-corrected chi connectivity index (χ1v) is 9.45. The monoisotopic (exact) mass is 403 g/mol. The van der Waals surface area contributed by atoms with E-state index in [1.807, 2.05) is 12.1 Å². The quantitative estimate of drug-likeness (QED) is 0.333. The highest BCUT2D eigenvalue weighted by atomic mass is 16.3. The number of aromatic hydroxyl groups is 1. The minimum absolute atomic E-state index is 0.108. The van der Waals surface area contributed by atoms with Gasteiger partial charge >= 0.3 is 0 Å². The summed E-state index contributed by atoms with van der Waals surface area (Å²) >= 11 is 0. The van der Waals surface area contributed by atoms with E-state index in [0.717, 1.165) is 0 Å². The van der Waals surface area contributed by atoms with Crippen LogP contribution in [0.5, 0.6) is 5.75 Å². The van der Waals surface area contributed by atoms with Gasteiger partial charge in [0.25, 0.3) is 5.56 Å². The molecular formula is C23H21N3O4. The lowest BCUT2D eigenvalue weighted by Crippen LogP contribution is -2.26. The fourth-order valence-corrected chi connectivity index (χ4v) is 3.55. The van der Waals surface area contributed by atoms with Crippen LogP contribution in [0.3, 0.4) is 0 Å². The fraction of sp³-hybridized carbons (Fsp3) is 0.130. The lowest BCUT2D eigenvalue weighted by Gasteiger charge is -2.19. The van der Waals surface area contributed by atoms with Crippen LogP contribution in [0.25, 0.3) is 10.9 Å². The molecule has 2 aromatic heterocycles. The predicted molar refractivity (Wildman–Crippen MR) is 116 cm³/mol. The zero-order chi connectivity index (χ0) is 21.3. The number of carbonyl (C=O) groups is 1. The predicted octanol–water partition coefficient (Wildman–Crippen LogP) is 3.85. The molecule has 4 rings (SSSR count). The van der Waals surface area contributed by atoms with Crippen molar-refractivity contribution < 1.29 is 14.3 Å². The molecule has 0 fully saturated rings. The lowest BCUT2D eigenvalue weighted by atomic mass is 10.00. The second-order valence-electron chi connectivity index (χ2n) is 7.03. The molecule has 0 aliphatic rings. The van der Waals surface area contributed by atoms with Gasteiger partial charge in [0.2, 0.25) is 0 Å². The van der Waals surface area contributed by atoms with Gasteiger partial charge in [-0.1, -0.05) is 24.3 Å². The van der Waals surface area contributed by atoms with E-state index in [2.05, 4.69) is 5.32 Å². The van der Waals surface area contributed by atoms with Crippen LogP contribution in [0.1, 0.15) is 28.6 Å². The Morgan fingerprint density at radius 1 is 1.13 bits per heavy atom. The molecule has 1 atom stereocenters. The molecule has 7 nitrogen and oxygen atoms in total. The van der Waals surface area contributed by atoms with Crippen molar-refractivity contribution in [1.82, 2.24) is 4.57 Å². The summed E-state index contributed by atoms with van der Waals surface area (Å²) in [5.41, 5.74) is 6.95. The normalized spacial score (nSPS) is 12.0. The maximum Gasteiger partial charge on any atom is 0.265 e. The third-order valence-electron chi connectivity index (χ3n) is 5.12. The average Bonchev–Trinajstić information content (AvgIpc) is 3.28. The topological polar surface area (TPSA) is 110 Å². The van der Waals surface area contributed by atoms with E-state index in [4.69, 9.17) is 10.2 Å². The highest BCUT2D eigenvalue weighted by molar-refractivity contribution is 6.03. The highest BCUT2D eigenvalue weighted by Gasteiger charge is 2.26. The number of ketones is 1. The fourth-order valence-electron chi connectivity index (χ4n) is 3.55. The van der Waals surface area contributed by atoms with Crippen molar-refractivity contribution in [2.24, 2.45) is 7.05 Å². The molecule has 152 valence electrons. The maximum absolute atomic E-state index is 13.2. The van der Waals surface area contributed by atoms with Crippen molar-refractivity contribution in [2.75, 3.05) is 11.1 Å². The number of aryl methyl sites for hydroxylation is 1. The highest BCUT2D eigenvalue weighted by Crippen LogP contribution is 2.31. The van der Waals surface area contributed by atoms with Gasteiger partial charge in [-0.15, -0.1) is 0 Å². The van der Waals surface area contributed by atoms with Gasteiger partial charge in [-0.3, -0.25) is 9.59 Å². The Morgan fingerprint density at radius 2 is 1.87 bits per heavy atom. The van der Waals surface area contributed by atoms with E-state index < -0.39 is 17.4 Å². The number of aromatic nitrogens is 1. The number of hydrogen-bond acceptors (Lipinski definition) is 6. The minimum Gasteiger partial charge on any atom is -0.506 e. The van der Waals surface area contributed by atoms with Crippen LogP contribution in [-0.4, -0.2) is 15.5 Å². The number of nitrogens with one attached hydrogen (secondary N) is 1. The first-order chi connectivity index (χ1) is 14.5. The van der Waals surface area contributed by atoms with Crippen molar-refractivity contribution >= 4 is 28.1 Å². The summed E-state index contributed by atoms with van der Waals surface area (Å²) in [7, 11) is 1.58. The second kappa shape index (κ2) is 7.79. The number of anilines is 2. The molecule has 0 unspecified atom stereocenters. The number of pyridine rings is 1. The van der Waals surface area contributed by atoms with E-state index in [1.54, 1.807) is 55.6 Å². The number of nitrogens with two attached hydrogens (primary N) is 1. The summed E-state index contributed by atoms with van der Waals surface area (Å²) in [6, 6.07) is 17.0. The van der Waals surface area contributed by atoms with Gasteiger partial charge in [0.15, 0.2) is 5.78 Å². The van der Waals surface area contributed by atoms with Crippen molar-refractivity contribution in [3.05, 3.63) is 88.6 Å². The van der Waals surface area contributed by atoms with Gasteiger partial charge in [-0.2, -0.15) is 0 Å². The van der Waals surface area contributed by atoms with Crippen LogP contribution in [0.2, 0.25) is 0 Å². The van der Waals surface area contributed by atoms with E-state index in [9.17, 15) is 14.7 Å². The molecule has 0 saturated heterocycles. The molecule has 4 N–H and O–H groups in total. The summed E-state index contributed by atoms with van der Waals surface area (Å²) in [6.07, 6.45) is 1.40. The first kappa shape index (κ1) is 19.3. The number of nitrogen functional groups attached to an aromatic ring is 1. The Kier molecular flexibility index (Phi) is 5.02. The molecule has 4 aromatic rings. The molecule has 0 amide bonds. The number of para-hydroxylation sites is 3. The number of fused-ring (bicyclic) bond motifs is 1. The van der Waals surface area contributed by atoms with Gasteiger partial charge in [0.05, 0.1) is 29.2 Å². The summed E-state index contributed by atoms with van der Waals surface area (Å²) in [4.78, 5) is 26.0. The second-order valence-corrected chi connectivity index (χ2v) is 7.03. The molecule has 7 heteroatoms. The standard InChI is InChI=1S/C23H21N3O4/c1-26-18-10-5-2-7-14(18)22(28)21(23(26)29)19(27)13-17(20-11-6-12-30-20)25-16-9-4-3-8-15(16)24/h2-12,17,25,28H,13,24H2,1H3/t17-/m1/s1. The van der Waals surface area contributed by atoms with Crippen LogP contribution in [0, 0.1) is 0 Å². The third kappa shape index (κ3) is 3.41. The molecule has 0 aliphatic heterocycles. The van der Waals surface area contributed by atoms with Crippen LogP contribution in [0.15, 0.2) is 76.1 Å². The Balaban J connectivity index is 1.73. The average molecular weight is 403 g/mol. The Morgan fingerprint density at radius 3 is 2.60 bits per heavy atom. The molecule has 0 spiro atoms. The molecular weight excluding hydrogens is 382 g/mol. The smallest absolute Gasteiger partial charge is 0.265 e. The number of Topliss-reactive ketones (excluding diaryl/α,β-unsaturated/α-hetero) is 1. The summed E-state index contributed by atoms with van der Waals surface area (Å²) in [6.45, 7) is 0. The van der Waals surface area contributed by atoms with Crippen molar-refractivity contribution in [2.45, 2.75) is 12.5 Å². The largest absolute Gasteiger partial charge is 0.506 e. The number of furan rings is 1. The van der Waals surface area contributed by atoms with Crippen molar-refractivity contribution in [1.29, 1.82) is 0 Å². The Labute approximate surface area is 172 Å². The summed E-state index contributed by atoms with van der Waals surface area (Å²) in [5, 5.41) is 14.4. The van der Waals surface area contributed by atoms with Gasteiger partial charge in [0.1, 0.15) is 17.1 Å². The lowest BCUT2D eigenvalue weighted by molar-refractivity contribution is 0.0969. The van der Waals surface area contributed by atoms with Gasteiger partial charge in [0, 0.05) is 18.9 Å². The van der Waals surface area contributed by atoms with Crippen LogP contribution in [-0.2, 0) is 7.05 Å². The van der Waals surface area contributed by atoms with E-state index >= 15 is 0 Å². The van der Waals surface area contributed by atoms with Gasteiger partial charge in [-0.05, 0) is 36.4 Å². The number of hydrogen-bond donors (Lipinski definition) is 3. The molecule has 2 heterocycles. The number of rotatable bonds is 6. The van der Waals surface area contributed by atoms with Crippen LogP contribution >= 0.6 is 0 Å². The van der Waals surface area contributed by atoms with Crippen molar-refractivity contribution in [3.8, 4) is 5.75 Å². The molecule has 0 radical (unpaired) electrons. The van der Waals surface area contributed by atoms with Gasteiger partial charge in [-0.25, -0.2) is 0 Å². The molecule has 0 aliphatic carbocycles. The van der Waals surface area contributed by atoms with Crippen LogP contribution in [0.4, 0.5) is 11.4 Å². The van der Waals surface area contributed by atoms with E-state index in [0.29, 0.717) is 28.0 Å². The zero-order valence-electron chi connectivity index (χ0n) is 16.3. The molecule has 2 aromatic carbocycles. The minimum atomic E-state index is -0.576. The maximum atomic E-state index is 13.2. The number of nitrogens with zero attached hydrogens (tertiary/aromatic N) is 1. The van der Waals surface area contributed by atoms with E-state index in [-0.39, 0.29) is 17.7 Å². The molecule has 0 bridgehead atoms. The Hall–Kier alpha value is -4.00.